The van der Waals surface area contributed by atoms with Crippen LogP contribution in [0.4, 0.5) is 11.4 Å². The fraction of sp³-hybridized carbons (Fsp3) is 0.143. The maximum Gasteiger partial charge on any atom is 0.260 e. The van der Waals surface area contributed by atoms with E-state index in [0.29, 0.717) is 5.69 Å². The normalized spacial score (nSPS) is 16.0. The second-order valence-corrected chi connectivity index (χ2v) is 5.30. The minimum Gasteiger partial charge on any atom is -0.595 e. The Morgan fingerprint density at radius 2 is 2.04 bits per heavy atom. The number of carbonyl (C=O) groups is 3. The quantitative estimate of drug-likeness (QED) is 0.180. The summed E-state index contributed by atoms with van der Waals surface area (Å²) in [6, 6.07) is 5.47. The molecule has 10 heteroatoms. The van der Waals surface area contributed by atoms with Crippen molar-refractivity contribution in [2.24, 2.45) is 0 Å². The molecule has 0 aromatic heterocycles. The molecule has 1 saturated heterocycles. The minimum atomic E-state index is -1.09. The number of nitrogens with zero attached hydrogens (tertiary/aromatic N) is 1. The van der Waals surface area contributed by atoms with Crippen LogP contribution in [-0.4, -0.2) is 39.4 Å². The highest BCUT2D eigenvalue weighted by molar-refractivity contribution is 7.80. The van der Waals surface area contributed by atoms with Crippen LogP contribution in [0.5, 0.6) is 0 Å². The summed E-state index contributed by atoms with van der Waals surface area (Å²) >= 11 is 4.93. The molecule has 1 unspecified atom stereocenters. The lowest BCUT2D eigenvalue weighted by atomic mass is 10.1. The van der Waals surface area contributed by atoms with E-state index < -0.39 is 16.9 Å². The number of Topliss-reactive ketones (excluding diaryl/α,β-unsaturated/α-hetero) is 1. The lowest BCUT2D eigenvalue weighted by Gasteiger charge is -2.14. The number of quaternary nitrogens is 1. The molecule has 1 heterocycles. The van der Waals surface area contributed by atoms with Gasteiger partial charge in [-0.05, 0) is 31.3 Å². The first-order valence-electron chi connectivity index (χ1n) is 6.76. The van der Waals surface area contributed by atoms with E-state index in [-0.39, 0.29) is 28.8 Å². The van der Waals surface area contributed by atoms with E-state index in [9.17, 15) is 19.6 Å². The van der Waals surface area contributed by atoms with Gasteiger partial charge in [-0.15, -0.1) is 0 Å². The van der Waals surface area contributed by atoms with Gasteiger partial charge in [-0.2, -0.15) is 5.23 Å². The van der Waals surface area contributed by atoms with Crippen molar-refractivity contribution in [3.63, 3.8) is 0 Å². The summed E-state index contributed by atoms with van der Waals surface area (Å²) in [5.41, 5.74) is 0.217. The highest BCUT2D eigenvalue weighted by Gasteiger charge is 2.25. The molecule has 0 aliphatic carbocycles. The van der Waals surface area contributed by atoms with Gasteiger partial charge in [0.25, 0.3) is 5.91 Å². The first-order chi connectivity index (χ1) is 11.3. The van der Waals surface area contributed by atoms with Crippen molar-refractivity contribution < 1.29 is 24.8 Å². The van der Waals surface area contributed by atoms with E-state index in [1.54, 1.807) is 0 Å². The number of hydrogen-bond acceptors (Lipinski definition) is 6. The molecule has 24 heavy (non-hydrogen) atoms. The summed E-state index contributed by atoms with van der Waals surface area (Å²) in [6.07, 6.45) is 1.21. The van der Waals surface area contributed by atoms with Gasteiger partial charge < -0.3 is 20.7 Å². The predicted octanol–water partition coefficient (Wildman–Crippen LogP) is -0.782. The van der Waals surface area contributed by atoms with Gasteiger partial charge in [-0.1, -0.05) is 0 Å². The maximum atomic E-state index is 12.3. The van der Waals surface area contributed by atoms with Crippen LogP contribution in [0.15, 0.2) is 36.0 Å². The van der Waals surface area contributed by atoms with E-state index in [0.717, 1.165) is 0 Å². The third kappa shape index (κ3) is 4.20. The minimum absolute atomic E-state index is 0.0716. The van der Waals surface area contributed by atoms with Gasteiger partial charge in [0.2, 0.25) is 5.91 Å². The van der Waals surface area contributed by atoms with Crippen molar-refractivity contribution in [3.05, 3.63) is 41.2 Å². The Bertz CT molecular complexity index is 729. The molecule has 1 aliphatic rings. The number of rotatable bonds is 5. The molecule has 2 amide bonds. The molecule has 0 spiro atoms. The SMILES string of the molecule is CC(=O)/C(=C\N1CC(=O)NC1=S)C(=O)Nc1ccc([NH+]([O-])O)cc1. The fourth-order valence-electron chi connectivity index (χ4n) is 1.92. The number of anilines is 1. The smallest absolute Gasteiger partial charge is 0.260 e. The van der Waals surface area contributed by atoms with Crippen molar-refractivity contribution in [1.82, 2.24) is 10.2 Å². The second-order valence-electron chi connectivity index (χ2n) is 4.92. The van der Waals surface area contributed by atoms with Crippen LogP contribution >= 0.6 is 12.2 Å². The zero-order chi connectivity index (χ0) is 17.9. The first-order valence-corrected chi connectivity index (χ1v) is 7.16. The second kappa shape index (κ2) is 7.27. The van der Waals surface area contributed by atoms with Crippen LogP contribution in [-0.2, 0) is 14.4 Å². The van der Waals surface area contributed by atoms with E-state index in [1.807, 2.05) is 0 Å². The predicted molar refractivity (Wildman–Crippen MR) is 87.1 cm³/mol. The standard InChI is InChI=1S/C14H14N4O5S/c1-8(19)11(6-17-7-12(20)16-14(17)24)13(21)15-9-2-4-10(5-3-9)18(22)23/h2-6,18,22H,7H2,1H3,(H,15,21)(H,16,20,24)/b11-6+. The Balaban J connectivity index is 2.16. The van der Waals surface area contributed by atoms with Crippen LogP contribution in [0.2, 0.25) is 0 Å². The molecule has 1 aromatic carbocycles. The molecule has 2 rings (SSSR count). The Labute approximate surface area is 142 Å². The van der Waals surface area contributed by atoms with Gasteiger partial charge in [-0.25, -0.2) is 5.21 Å². The van der Waals surface area contributed by atoms with Gasteiger partial charge in [0.1, 0.15) is 6.54 Å². The van der Waals surface area contributed by atoms with Crippen molar-refractivity contribution in [1.29, 1.82) is 0 Å². The van der Waals surface area contributed by atoms with Crippen molar-refractivity contribution in [2.75, 3.05) is 11.9 Å². The Morgan fingerprint density at radius 1 is 1.42 bits per heavy atom. The zero-order valence-corrected chi connectivity index (χ0v) is 13.3. The number of carbonyl (C=O) groups excluding carboxylic acids is 3. The van der Waals surface area contributed by atoms with E-state index in [1.165, 1.54) is 42.3 Å². The summed E-state index contributed by atoms with van der Waals surface area (Å²) in [7, 11) is 0. The number of amides is 2. The monoisotopic (exact) mass is 350 g/mol. The third-order valence-corrected chi connectivity index (χ3v) is 3.46. The van der Waals surface area contributed by atoms with E-state index >= 15 is 0 Å². The highest BCUT2D eigenvalue weighted by atomic mass is 32.1. The first kappa shape index (κ1) is 17.7. The molecule has 1 atom stereocenters. The molecule has 4 N–H and O–H groups in total. The van der Waals surface area contributed by atoms with E-state index in [2.05, 4.69) is 10.6 Å². The topological polar surface area (TPSA) is 126 Å². The highest BCUT2D eigenvalue weighted by Crippen LogP contribution is 2.13. The number of hydrogen-bond donors (Lipinski definition) is 4. The van der Waals surface area contributed by atoms with E-state index in [4.69, 9.17) is 17.4 Å². The third-order valence-electron chi connectivity index (χ3n) is 3.12. The molecule has 0 bridgehead atoms. The molecule has 126 valence electrons. The number of benzene rings is 1. The Morgan fingerprint density at radius 3 is 2.50 bits per heavy atom. The van der Waals surface area contributed by atoms with Crippen LogP contribution < -0.4 is 15.9 Å². The van der Waals surface area contributed by atoms with Gasteiger partial charge in [0.05, 0.1) is 5.57 Å². The number of nitrogens with one attached hydrogen (secondary N) is 3. The fourth-order valence-corrected chi connectivity index (χ4v) is 2.15. The van der Waals surface area contributed by atoms with Crippen LogP contribution in [0.1, 0.15) is 6.92 Å². The van der Waals surface area contributed by atoms with Gasteiger partial charge in [-0.3, -0.25) is 14.4 Å². The Hall–Kier alpha value is -2.66. The molecular formula is C14H14N4O5S. The number of ketones is 1. The maximum absolute atomic E-state index is 12.3. The lowest BCUT2D eigenvalue weighted by Crippen LogP contribution is -2.99. The Kier molecular flexibility index (Phi) is 5.36. The zero-order valence-electron chi connectivity index (χ0n) is 12.5. The summed E-state index contributed by atoms with van der Waals surface area (Å²) < 4.78 is 0. The summed E-state index contributed by atoms with van der Waals surface area (Å²) in [6.45, 7) is 1.14. The van der Waals surface area contributed by atoms with Crippen molar-refractivity contribution >= 4 is 46.3 Å². The van der Waals surface area contributed by atoms with Crippen LogP contribution in [0.25, 0.3) is 0 Å². The molecule has 9 nitrogen and oxygen atoms in total. The average Bonchev–Trinajstić information content (AvgIpc) is 2.82. The summed E-state index contributed by atoms with van der Waals surface area (Å²) in [5, 5.41) is 23.5. The molecule has 1 aliphatic heterocycles. The van der Waals surface area contributed by atoms with Gasteiger partial charge in [0, 0.05) is 24.0 Å². The van der Waals surface area contributed by atoms with Gasteiger partial charge >= 0.3 is 0 Å². The van der Waals surface area contributed by atoms with Crippen LogP contribution in [0.3, 0.4) is 0 Å². The largest absolute Gasteiger partial charge is 0.595 e. The molecule has 1 fully saturated rings. The van der Waals surface area contributed by atoms with Crippen molar-refractivity contribution in [3.8, 4) is 0 Å². The lowest BCUT2D eigenvalue weighted by molar-refractivity contribution is -0.991. The van der Waals surface area contributed by atoms with Gasteiger partial charge in [0.15, 0.2) is 16.6 Å². The molecule has 0 saturated carbocycles. The molecule has 0 radical (unpaired) electrons. The average molecular weight is 350 g/mol. The summed E-state index contributed by atoms with van der Waals surface area (Å²) in [4.78, 5) is 36.5. The number of thiocarbonyl (C=S) groups is 1. The van der Waals surface area contributed by atoms with Crippen LogP contribution in [0, 0.1) is 5.21 Å². The summed E-state index contributed by atoms with van der Waals surface area (Å²) in [5.74, 6) is -1.52. The molecule has 1 aromatic rings. The van der Waals surface area contributed by atoms with Crippen molar-refractivity contribution in [2.45, 2.75) is 6.92 Å². The molecular weight excluding hydrogens is 336 g/mol.